The van der Waals surface area contributed by atoms with Gasteiger partial charge in [-0.05, 0) is 11.8 Å². The number of rotatable bonds is 0. The molecule has 22 heavy (non-hydrogen) atoms. The zero-order valence-electron chi connectivity index (χ0n) is 16.4. The molecule has 2 rings (SSSR count). The van der Waals surface area contributed by atoms with E-state index in [0.717, 1.165) is 18.3 Å². The Morgan fingerprint density at radius 1 is 0.773 bits per heavy atom. The summed E-state index contributed by atoms with van der Waals surface area (Å²) in [6.07, 6.45) is 7.04. The highest BCUT2D eigenvalue weighted by Gasteiger charge is 1.75. The van der Waals surface area contributed by atoms with Crippen molar-refractivity contribution < 1.29 is 4.52 Å². The molecule has 1 aromatic rings. The summed E-state index contributed by atoms with van der Waals surface area (Å²) in [4.78, 5) is 3.44. The van der Waals surface area contributed by atoms with Gasteiger partial charge in [0.1, 0.15) is 0 Å². The lowest BCUT2D eigenvalue weighted by Gasteiger charge is -1.79. The summed E-state index contributed by atoms with van der Waals surface area (Å²) in [7, 11) is 0. The van der Waals surface area contributed by atoms with Gasteiger partial charge in [0.05, 0.1) is 0 Å². The van der Waals surface area contributed by atoms with Crippen LogP contribution in [0.4, 0.5) is 0 Å². The van der Waals surface area contributed by atoms with E-state index in [1.54, 1.807) is 12.4 Å². The predicted molar refractivity (Wildman–Crippen MR) is 99.6 cm³/mol. The van der Waals surface area contributed by atoms with Crippen LogP contribution in [0.2, 0.25) is 0 Å². The molecule has 0 bridgehead atoms. The summed E-state index contributed by atoms with van der Waals surface area (Å²) in [6, 6.07) is 0. The van der Waals surface area contributed by atoms with E-state index >= 15 is 0 Å². The molecule has 0 unspecified atom stereocenters. The molecule has 5 heteroatoms. The molecule has 5 nitrogen and oxygen atoms in total. The fourth-order valence-corrected chi connectivity index (χ4v) is 0.372. The SMILES string of the molecule is C1=NN=CC1.CC.CC.CC(C)C.CC(C)C.c1ncon1. The fraction of sp³-hybridized carbons (Fsp3) is 0.765. The molecule has 0 saturated carbocycles. The smallest absolute Gasteiger partial charge is 0.213 e. The first-order valence-electron chi connectivity index (χ1n) is 8.19. The van der Waals surface area contributed by atoms with Gasteiger partial charge in [0.15, 0.2) is 6.33 Å². The Balaban J connectivity index is -0.0000000919. The summed E-state index contributed by atoms with van der Waals surface area (Å²) in [6.45, 7) is 21.0. The number of hydrogen-bond acceptors (Lipinski definition) is 5. The molecule has 0 saturated heterocycles. The van der Waals surface area contributed by atoms with Crippen LogP contribution in [0, 0.1) is 11.8 Å². The van der Waals surface area contributed by atoms with Crippen molar-refractivity contribution in [2.75, 3.05) is 0 Å². The standard InChI is InChI=1S/2C4H10.C3H4N2.C2H2N2O.2C2H6/c2*1-4(2)3;1-2-4-5-3-1;1-3-2-5-4-1;2*1-2/h2*4H,1-3H3;2-3H,1H2;1-2H;2*1-2H3. The topological polar surface area (TPSA) is 63.6 Å². The molecule has 0 aliphatic carbocycles. The third-order valence-corrected chi connectivity index (χ3v) is 0.723. The van der Waals surface area contributed by atoms with Crippen LogP contribution in [-0.4, -0.2) is 22.6 Å². The zero-order valence-corrected chi connectivity index (χ0v) is 16.4. The average molecular weight is 315 g/mol. The molecule has 1 aliphatic heterocycles. The molecule has 0 fully saturated rings. The van der Waals surface area contributed by atoms with Crippen molar-refractivity contribution in [3.63, 3.8) is 0 Å². The number of nitrogens with zero attached hydrogens (tertiary/aromatic N) is 4. The maximum atomic E-state index is 4.22. The van der Waals surface area contributed by atoms with Crippen LogP contribution in [0.15, 0.2) is 27.4 Å². The Hall–Kier alpha value is -1.52. The van der Waals surface area contributed by atoms with E-state index in [9.17, 15) is 0 Å². The Morgan fingerprint density at radius 2 is 1.14 bits per heavy atom. The van der Waals surface area contributed by atoms with E-state index < -0.39 is 0 Å². The maximum absolute atomic E-state index is 4.22. The van der Waals surface area contributed by atoms with Crippen LogP contribution < -0.4 is 0 Å². The van der Waals surface area contributed by atoms with Gasteiger partial charge >= 0.3 is 0 Å². The molecule has 132 valence electrons. The molecule has 0 spiro atoms. The van der Waals surface area contributed by atoms with E-state index in [2.05, 4.69) is 66.4 Å². The highest BCUT2D eigenvalue weighted by molar-refractivity contribution is 5.82. The lowest BCUT2D eigenvalue weighted by molar-refractivity contribution is 0.416. The molecule has 0 aromatic carbocycles. The monoisotopic (exact) mass is 314 g/mol. The minimum atomic E-state index is 0.833. The Kier molecular flexibility index (Phi) is 41.3. The van der Waals surface area contributed by atoms with Crippen molar-refractivity contribution in [2.45, 2.75) is 75.7 Å². The first kappa shape index (κ1) is 28.6. The molecule has 0 radical (unpaired) electrons. The zero-order chi connectivity index (χ0) is 18.2. The molecule has 0 amide bonds. The molecule has 2 heterocycles. The third kappa shape index (κ3) is 78.5. The van der Waals surface area contributed by atoms with E-state index in [1.165, 1.54) is 12.7 Å². The summed E-state index contributed by atoms with van der Waals surface area (Å²) < 4.78 is 4.22. The lowest BCUT2D eigenvalue weighted by atomic mass is 10.3. The molecule has 0 atom stereocenters. The summed E-state index contributed by atoms with van der Waals surface area (Å²) >= 11 is 0. The van der Waals surface area contributed by atoms with Gasteiger partial charge in [0.2, 0.25) is 6.39 Å². The number of aromatic nitrogens is 2. The second kappa shape index (κ2) is 31.7. The van der Waals surface area contributed by atoms with Gasteiger partial charge in [-0.1, -0.05) is 74.4 Å². The summed E-state index contributed by atoms with van der Waals surface area (Å²) in [5, 5.41) is 10.3. The minimum Gasteiger partial charge on any atom is -0.343 e. The molecule has 1 aromatic heterocycles. The highest BCUT2D eigenvalue weighted by atomic mass is 16.5. The molecule has 1 aliphatic rings. The van der Waals surface area contributed by atoms with Gasteiger partial charge in [0, 0.05) is 18.9 Å². The van der Waals surface area contributed by atoms with Crippen molar-refractivity contribution in [3.05, 3.63) is 12.7 Å². The second-order valence-corrected chi connectivity index (χ2v) is 4.88. The van der Waals surface area contributed by atoms with Crippen molar-refractivity contribution in [1.82, 2.24) is 10.1 Å². The first-order chi connectivity index (χ1) is 10.5. The van der Waals surface area contributed by atoms with E-state index in [0.29, 0.717) is 0 Å². The Labute approximate surface area is 138 Å². The molecular formula is C17H38N4O. The van der Waals surface area contributed by atoms with Crippen molar-refractivity contribution >= 4 is 12.4 Å². The fourth-order valence-electron chi connectivity index (χ4n) is 0.372. The van der Waals surface area contributed by atoms with Crippen LogP contribution >= 0.6 is 0 Å². The van der Waals surface area contributed by atoms with E-state index in [1.807, 2.05) is 27.7 Å². The predicted octanol–water partition coefficient (Wildman–Crippen LogP) is 5.89. The third-order valence-electron chi connectivity index (χ3n) is 0.723. The molecular weight excluding hydrogens is 276 g/mol. The average Bonchev–Trinajstić information content (AvgIpc) is 3.20. The van der Waals surface area contributed by atoms with Crippen LogP contribution in [0.3, 0.4) is 0 Å². The lowest BCUT2D eigenvalue weighted by Crippen LogP contribution is -1.66. The van der Waals surface area contributed by atoms with Gasteiger partial charge < -0.3 is 4.52 Å². The summed E-state index contributed by atoms with van der Waals surface area (Å²) in [5.41, 5.74) is 0. The largest absolute Gasteiger partial charge is 0.343 e. The maximum Gasteiger partial charge on any atom is 0.213 e. The van der Waals surface area contributed by atoms with Crippen molar-refractivity contribution in [2.24, 2.45) is 22.0 Å². The number of hydrogen-bond donors (Lipinski definition) is 0. The molecule has 0 N–H and O–H groups in total. The van der Waals surface area contributed by atoms with Crippen molar-refractivity contribution in [3.8, 4) is 0 Å². The van der Waals surface area contributed by atoms with Crippen LogP contribution in [0.5, 0.6) is 0 Å². The highest BCUT2D eigenvalue weighted by Crippen LogP contribution is 1.81. The second-order valence-electron chi connectivity index (χ2n) is 4.88. The quantitative estimate of drug-likeness (QED) is 0.599. The van der Waals surface area contributed by atoms with Crippen LogP contribution in [0.25, 0.3) is 0 Å². The summed E-state index contributed by atoms with van der Waals surface area (Å²) in [5.74, 6) is 1.67. The van der Waals surface area contributed by atoms with E-state index in [-0.39, 0.29) is 0 Å². The van der Waals surface area contributed by atoms with Gasteiger partial charge in [-0.2, -0.15) is 10.2 Å². The Morgan fingerprint density at radius 3 is 1.23 bits per heavy atom. The minimum absolute atomic E-state index is 0.833. The van der Waals surface area contributed by atoms with Gasteiger partial charge in [-0.15, -0.1) is 0 Å². The van der Waals surface area contributed by atoms with Crippen LogP contribution in [0.1, 0.15) is 75.7 Å². The first-order valence-corrected chi connectivity index (χ1v) is 8.19. The van der Waals surface area contributed by atoms with Gasteiger partial charge in [-0.25, -0.2) is 4.98 Å². The van der Waals surface area contributed by atoms with Crippen LogP contribution in [-0.2, 0) is 0 Å². The van der Waals surface area contributed by atoms with E-state index in [4.69, 9.17) is 0 Å². The van der Waals surface area contributed by atoms with Gasteiger partial charge in [0.25, 0.3) is 0 Å². The van der Waals surface area contributed by atoms with Crippen molar-refractivity contribution in [1.29, 1.82) is 0 Å². The normalized spacial score (nSPS) is 9.64. The van der Waals surface area contributed by atoms with Gasteiger partial charge in [-0.3, -0.25) is 0 Å². The Bertz CT molecular complexity index is 242.